The molecule has 2 bridgehead atoms. The third-order valence-corrected chi connectivity index (χ3v) is 4.34. The molecule has 0 radical (unpaired) electrons. The van der Waals surface area contributed by atoms with Crippen molar-refractivity contribution in [2.45, 2.75) is 38.6 Å². The minimum Gasteiger partial charge on any atom is -0.366 e. The quantitative estimate of drug-likeness (QED) is 0.684. The Labute approximate surface area is 91.8 Å². The molecule has 0 aromatic heterocycles. The van der Waals surface area contributed by atoms with Crippen LogP contribution in [0.1, 0.15) is 32.6 Å². The molecule has 0 aromatic carbocycles. The lowest BCUT2D eigenvalue weighted by molar-refractivity contribution is 0.278. The maximum Gasteiger partial charge on any atom is 0.166 e. The van der Waals surface area contributed by atoms with Crippen LogP contribution >= 0.6 is 12.2 Å². The third kappa shape index (κ3) is 1.88. The van der Waals surface area contributed by atoms with Gasteiger partial charge in [-0.15, -0.1) is 0 Å². The van der Waals surface area contributed by atoms with Crippen LogP contribution in [-0.4, -0.2) is 18.2 Å². The Hall–Kier alpha value is -0.310. The monoisotopic (exact) mass is 212 g/mol. The van der Waals surface area contributed by atoms with Gasteiger partial charge < -0.3 is 10.6 Å². The number of hydrogen-bond acceptors (Lipinski definition) is 1. The van der Waals surface area contributed by atoms with E-state index in [1.807, 2.05) is 7.05 Å². The van der Waals surface area contributed by atoms with Crippen LogP contribution in [0.2, 0.25) is 0 Å². The van der Waals surface area contributed by atoms with Crippen LogP contribution in [0.4, 0.5) is 0 Å². The fourth-order valence-electron chi connectivity index (χ4n) is 3.29. The molecule has 4 atom stereocenters. The van der Waals surface area contributed by atoms with Gasteiger partial charge >= 0.3 is 0 Å². The summed E-state index contributed by atoms with van der Waals surface area (Å²) in [6, 6.07) is 0.547. The first kappa shape index (κ1) is 10.2. The fourth-order valence-corrected chi connectivity index (χ4v) is 3.48. The highest BCUT2D eigenvalue weighted by atomic mass is 32.1. The Kier molecular flexibility index (Phi) is 2.96. The normalized spacial score (nSPS) is 36.9. The minimum absolute atomic E-state index is 0.547. The number of rotatable bonds is 2. The summed E-state index contributed by atoms with van der Waals surface area (Å²) in [7, 11) is 1.88. The van der Waals surface area contributed by atoms with Gasteiger partial charge in [0.05, 0.1) is 0 Å². The number of hydrogen-bond donors (Lipinski definition) is 2. The summed E-state index contributed by atoms with van der Waals surface area (Å²) in [5, 5.41) is 7.15. The van der Waals surface area contributed by atoms with Crippen molar-refractivity contribution in [2.24, 2.45) is 17.8 Å². The Balaban J connectivity index is 1.86. The van der Waals surface area contributed by atoms with Crippen molar-refractivity contribution in [1.82, 2.24) is 10.6 Å². The molecule has 2 aliphatic carbocycles. The molecule has 2 saturated carbocycles. The molecule has 0 aliphatic heterocycles. The molecule has 0 saturated heterocycles. The lowest BCUT2D eigenvalue weighted by Gasteiger charge is -2.29. The van der Waals surface area contributed by atoms with E-state index >= 15 is 0 Å². The SMILES string of the molecule is CNC(=S)N[C@H](C)[C@@H]1C[C@H]2CC[C@H]1C2. The molecule has 0 unspecified atom stereocenters. The summed E-state index contributed by atoms with van der Waals surface area (Å²) >= 11 is 5.13. The smallest absolute Gasteiger partial charge is 0.166 e. The van der Waals surface area contributed by atoms with Gasteiger partial charge in [-0.3, -0.25) is 0 Å². The van der Waals surface area contributed by atoms with Gasteiger partial charge in [0.25, 0.3) is 0 Å². The molecular formula is C11H20N2S. The Morgan fingerprint density at radius 1 is 1.36 bits per heavy atom. The van der Waals surface area contributed by atoms with Crippen molar-refractivity contribution >= 4 is 17.3 Å². The second-order valence-corrected chi connectivity index (χ2v) is 5.26. The highest BCUT2D eigenvalue weighted by Gasteiger charge is 2.41. The van der Waals surface area contributed by atoms with E-state index in [-0.39, 0.29) is 0 Å². The predicted molar refractivity (Wildman–Crippen MR) is 63.2 cm³/mol. The predicted octanol–water partition coefficient (Wildman–Crippen LogP) is 1.90. The first-order chi connectivity index (χ1) is 6.70. The molecule has 2 rings (SSSR count). The molecule has 0 amide bonds. The van der Waals surface area contributed by atoms with Crippen LogP contribution in [0.3, 0.4) is 0 Å². The molecule has 80 valence electrons. The van der Waals surface area contributed by atoms with E-state index in [0.29, 0.717) is 6.04 Å². The van der Waals surface area contributed by atoms with Crippen molar-refractivity contribution in [1.29, 1.82) is 0 Å². The highest BCUT2D eigenvalue weighted by molar-refractivity contribution is 7.80. The summed E-state index contributed by atoms with van der Waals surface area (Å²) < 4.78 is 0. The molecule has 0 aromatic rings. The first-order valence-corrected chi connectivity index (χ1v) is 6.09. The number of fused-ring (bicyclic) bond motifs is 2. The van der Waals surface area contributed by atoms with Crippen LogP contribution in [0, 0.1) is 17.8 Å². The van der Waals surface area contributed by atoms with Gasteiger partial charge in [-0.1, -0.05) is 6.42 Å². The summed E-state index contributed by atoms with van der Waals surface area (Å²) in [4.78, 5) is 0. The van der Waals surface area contributed by atoms with E-state index in [9.17, 15) is 0 Å². The molecule has 0 spiro atoms. The molecule has 2 nitrogen and oxygen atoms in total. The largest absolute Gasteiger partial charge is 0.366 e. The van der Waals surface area contributed by atoms with Crippen molar-refractivity contribution in [3.63, 3.8) is 0 Å². The second-order valence-electron chi connectivity index (χ2n) is 4.85. The molecule has 2 fully saturated rings. The maximum absolute atomic E-state index is 5.13. The van der Waals surface area contributed by atoms with Crippen LogP contribution in [0.15, 0.2) is 0 Å². The third-order valence-electron chi connectivity index (χ3n) is 4.02. The molecule has 2 aliphatic rings. The van der Waals surface area contributed by atoms with Gasteiger partial charge in [0.2, 0.25) is 0 Å². The summed E-state index contributed by atoms with van der Waals surface area (Å²) in [5.74, 6) is 2.86. The maximum atomic E-state index is 5.13. The lowest BCUT2D eigenvalue weighted by atomic mass is 9.84. The molecular weight excluding hydrogens is 192 g/mol. The van der Waals surface area contributed by atoms with E-state index in [4.69, 9.17) is 12.2 Å². The van der Waals surface area contributed by atoms with Gasteiger partial charge in [0.15, 0.2) is 5.11 Å². The van der Waals surface area contributed by atoms with Crippen molar-refractivity contribution in [3.05, 3.63) is 0 Å². The van der Waals surface area contributed by atoms with Crippen molar-refractivity contribution in [2.75, 3.05) is 7.05 Å². The molecule has 3 heteroatoms. The first-order valence-electron chi connectivity index (χ1n) is 5.69. The van der Waals surface area contributed by atoms with E-state index < -0.39 is 0 Å². The van der Waals surface area contributed by atoms with Crippen LogP contribution in [0.5, 0.6) is 0 Å². The standard InChI is InChI=1S/C11H20N2S/c1-7(13-11(14)12-2)10-6-8-3-4-9(10)5-8/h7-10H,3-6H2,1-2H3,(H2,12,13,14)/t7-,8+,9+,10+/m1/s1. The topological polar surface area (TPSA) is 24.1 Å². The summed E-state index contributed by atoms with van der Waals surface area (Å²) in [5.41, 5.74) is 0. The summed E-state index contributed by atoms with van der Waals surface area (Å²) in [6.07, 6.45) is 5.83. The van der Waals surface area contributed by atoms with Crippen LogP contribution in [0.25, 0.3) is 0 Å². The fraction of sp³-hybridized carbons (Fsp3) is 0.909. The van der Waals surface area contributed by atoms with E-state index in [1.165, 1.54) is 25.7 Å². The number of thiocarbonyl (C=S) groups is 1. The lowest BCUT2D eigenvalue weighted by Crippen LogP contribution is -2.43. The average Bonchev–Trinajstić information content (AvgIpc) is 2.78. The van der Waals surface area contributed by atoms with Crippen LogP contribution < -0.4 is 10.6 Å². The Morgan fingerprint density at radius 3 is 2.64 bits per heavy atom. The van der Waals surface area contributed by atoms with Gasteiger partial charge in [0.1, 0.15) is 0 Å². The zero-order valence-corrected chi connectivity index (χ0v) is 9.86. The van der Waals surface area contributed by atoms with Crippen LogP contribution in [-0.2, 0) is 0 Å². The van der Waals surface area contributed by atoms with Gasteiger partial charge in [-0.05, 0) is 56.2 Å². The van der Waals surface area contributed by atoms with E-state index in [2.05, 4.69) is 17.6 Å². The average molecular weight is 212 g/mol. The second kappa shape index (κ2) is 4.05. The van der Waals surface area contributed by atoms with Crippen molar-refractivity contribution < 1.29 is 0 Å². The Morgan fingerprint density at radius 2 is 2.14 bits per heavy atom. The van der Waals surface area contributed by atoms with Gasteiger partial charge in [0, 0.05) is 13.1 Å². The molecule has 2 N–H and O–H groups in total. The van der Waals surface area contributed by atoms with E-state index in [1.54, 1.807) is 0 Å². The van der Waals surface area contributed by atoms with E-state index in [0.717, 1.165) is 22.9 Å². The summed E-state index contributed by atoms with van der Waals surface area (Å²) in [6.45, 7) is 2.27. The Bertz CT molecular complexity index is 229. The zero-order chi connectivity index (χ0) is 10.1. The van der Waals surface area contributed by atoms with Gasteiger partial charge in [-0.2, -0.15) is 0 Å². The molecule has 14 heavy (non-hydrogen) atoms. The zero-order valence-electron chi connectivity index (χ0n) is 9.05. The van der Waals surface area contributed by atoms with Gasteiger partial charge in [-0.25, -0.2) is 0 Å². The van der Waals surface area contributed by atoms with Crippen molar-refractivity contribution in [3.8, 4) is 0 Å². The number of nitrogens with one attached hydrogen (secondary N) is 2. The molecule has 0 heterocycles. The minimum atomic E-state index is 0.547. The highest BCUT2D eigenvalue weighted by Crippen LogP contribution is 2.49.